The van der Waals surface area contributed by atoms with Crippen LogP contribution < -0.4 is 5.32 Å². The van der Waals surface area contributed by atoms with Gasteiger partial charge in [-0.2, -0.15) is 0 Å². The van der Waals surface area contributed by atoms with Crippen LogP contribution in [0, 0.1) is 5.92 Å². The molecular weight excluding hydrogens is 330 g/mol. The van der Waals surface area contributed by atoms with Crippen LogP contribution in [-0.4, -0.2) is 62.7 Å². The maximum Gasteiger partial charge on any atom is 0.252 e. The second-order valence-electron chi connectivity index (χ2n) is 7.48. The molecular formula is C19H29N5O2. The van der Waals surface area contributed by atoms with Crippen LogP contribution in [-0.2, 0) is 6.54 Å². The van der Waals surface area contributed by atoms with Crippen LogP contribution in [0.4, 0.5) is 0 Å². The average molecular weight is 359 g/mol. The molecule has 1 amide bonds. The first-order valence-corrected chi connectivity index (χ1v) is 9.52. The van der Waals surface area contributed by atoms with E-state index in [4.69, 9.17) is 0 Å². The number of amides is 1. The average Bonchev–Trinajstić information content (AvgIpc) is 3.03. The molecule has 1 unspecified atom stereocenters. The number of likely N-dealkylation sites (tertiary alicyclic amines) is 1. The van der Waals surface area contributed by atoms with Gasteiger partial charge in [-0.1, -0.05) is 20.3 Å². The predicted octanol–water partition coefficient (Wildman–Crippen LogP) is 1.66. The molecule has 0 saturated carbocycles. The van der Waals surface area contributed by atoms with Crippen molar-refractivity contribution in [2.24, 2.45) is 5.92 Å². The molecule has 2 aromatic heterocycles. The summed E-state index contributed by atoms with van der Waals surface area (Å²) < 4.78 is 2.02. The summed E-state index contributed by atoms with van der Waals surface area (Å²) in [6, 6.07) is 2.02. The number of hydrogen-bond acceptors (Lipinski definition) is 5. The van der Waals surface area contributed by atoms with Gasteiger partial charge in [0.2, 0.25) is 0 Å². The fraction of sp³-hybridized carbons (Fsp3) is 0.632. The fourth-order valence-corrected chi connectivity index (χ4v) is 3.58. The van der Waals surface area contributed by atoms with Crippen molar-refractivity contribution in [2.45, 2.75) is 45.7 Å². The lowest BCUT2D eigenvalue weighted by Crippen LogP contribution is -2.45. The van der Waals surface area contributed by atoms with Crippen LogP contribution in [0.2, 0.25) is 0 Å². The molecule has 0 spiro atoms. The fourth-order valence-electron chi connectivity index (χ4n) is 3.58. The Balaban J connectivity index is 1.57. The Morgan fingerprint density at radius 1 is 1.38 bits per heavy atom. The monoisotopic (exact) mass is 359 g/mol. The summed E-state index contributed by atoms with van der Waals surface area (Å²) in [7, 11) is 0. The molecule has 1 saturated heterocycles. The van der Waals surface area contributed by atoms with Crippen molar-refractivity contribution in [1.82, 2.24) is 24.8 Å². The number of fused-ring (bicyclic) bond motifs is 1. The Bertz CT molecular complexity index is 743. The van der Waals surface area contributed by atoms with Gasteiger partial charge in [0, 0.05) is 31.9 Å². The third kappa shape index (κ3) is 4.40. The van der Waals surface area contributed by atoms with Crippen molar-refractivity contribution in [3.63, 3.8) is 0 Å². The van der Waals surface area contributed by atoms with E-state index in [0.29, 0.717) is 18.0 Å². The first-order chi connectivity index (χ1) is 12.6. The van der Waals surface area contributed by atoms with Gasteiger partial charge in [0.1, 0.15) is 5.52 Å². The van der Waals surface area contributed by atoms with Crippen LogP contribution in [0.25, 0.3) is 11.2 Å². The molecule has 1 aliphatic rings. The number of piperidine rings is 1. The van der Waals surface area contributed by atoms with Crippen molar-refractivity contribution in [1.29, 1.82) is 0 Å². The van der Waals surface area contributed by atoms with Crippen LogP contribution >= 0.6 is 0 Å². The molecule has 1 atom stereocenters. The smallest absolute Gasteiger partial charge is 0.252 e. The minimum Gasteiger partial charge on any atom is -0.395 e. The highest BCUT2D eigenvalue weighted by Gasteiger charge is 2.21. The Morgan fingerprint density at radius 3 is 3.00 bits per heavy atom. The van der Waals surface area contributed by atoms with E-state index in [1.165, 1.54) is 6.42 Å². The highest BCUT2D eigenvalue weighted by Crippen LogP contribution is 2.16. The molecule has 26 heavy (non-hydrogen) atoms. The van der Waals surface area contributed by atoms with Gasteiger partial charge in [-0.05, 0) is 31.4 Å². The third-order valence-electron chi connectivity index (χ3n) is 4.92. The largest absolute Gasteiger partial charge is 0.395 e. The van der Waals surface area contributed by atoms with Gasteiger partial charge in [0.15, 0.2) is 5.65 Å². The number of imidazole rings is 1. The molecule has 0 bridgehead atoms. The summed E-state index contributed by atoms with van der Waals surface area (Å²) in [6.07, 6.45) is 6.76. The maximum absolute atomic E-state index is 12.4. The minimum absolute atomic E-state index is 0.129. The van der Waals surface area contributed by atoms with Gasteiger partial charge >= 0.3 is 0 Å². The van der Waals surface area contributed by atoms with E-state index in [1.807, 2.05) is 4.57 Å². The Kier molecular flexibility index (Phi) is 6.21. The zero-order valence-corrected chi connectivity index (χ0v) is 15.7. The summed E-state index contributed by atoms with van der Waals surface area (Å²) in [5.41, 5.74) is 2.09. The zero-order chi connectivity index (χ0) is 18.5. The second kappa shape index (κ2) is 8.60. The minimum atomic E-state index is -0.129. The molecule has 3 rings (SSSR count). The van der Waals surface area contributed by atoms with Crippen LogP contribution in [0.15, 0.2) is 18.6 Å². The van der Waals surface area contributed by atoms with Crippen molar-refractivity contribution in [3.05, 3.63) is 24.2 Å². The lowest BCUT2D eigenvalue weighted by molar-refractivity contribution is 0.0849. The van der Waals surface area contributed by atoms with E-state index >= 15 is 0 Å². The zero-order valence-electron chi connectivity index (χ0n) is 15.7. The molecule has 2 N–H and O–H groups in total. The highest BCUT2D eigenvalue weighted by molar-refractivity contribution is 5.96. The predicted molar refractivity (Wildman–Crippen MR) is 101 cm³/mol. The van der Waals surface area contributed by atoms with Crippen molar-refractivity contribution < 1.29 is 9.90 Å². The quantitative estimate of drug-likeness (QED) is 0.786. The summed E-state index contributed by atoms with van der Waals surface area (Å²) in [6.45, 7) is 7.66. The van der Waals surface area contributed by atoms with E-state index < -0.39 is 0 Å². The molecule has 0 radical (unpaired) electrons. The van der Waals surface area contributed by atoms with E-state index in [9.17, 15) is 9.90 Å². The van der Waals surface area contributed by atoms with Crippen LogP contribution in [0.3, 0.4) is 0 Å². The van der Waals surface area contributed by atoms with Gasteiger partial charge in [-0.15, -0.1) is 0 Å². The van der Waals surface area contributed by atoms with Crippen molar-refractivity contribution in [2.75, 3.05) is 26.2 Å². The highest BCUT2D eigenvalue weighted by atomic mass is 16.3. The maximum atomic E-state index is 12.4. The molecule has 0 aliphatic carbocycles. The number of hydrogen-bond donors (Lipinski definition) is 2. The van der Waals surface area contributed by atoms with Gasteiger partial charge in [-0.25, -0.2) is 9.97 Å². The number of aliphatic hydroxyl groups is 1. The molecule has 7 nitrogen and oxygen atoms in total. The Hall–Kier alpha value is -1.99. The van der Waals surface area contributed by atoms with E-state index in [-0.39, 0.29) is 18.6 Å². The normalized spacial score (nSPS) is 18.5. The number of carbonyl (C=O) groups is 1. The number of rotatable bonds is 7. The Labute approximate surface area is 154 Å². The number of aliphatic hydroxyl groups excluding tert-OH is 1. The number of nitrogens with zero attached hydrogens (tertiary/aromatic N) is 4. The van der Waals surface area contributed by atoms with Gasteiger partial charge < -0.3 is 15.0 Å². The van der Waals surface area contributed by atoms with E-state index in [1.54, 1.807) is 18.6 Å². The first-order valence-electron chi connectivity index (χ1n) is 9.52. The molecule has 3 heterocycles. The van der Waals surface area contributed by atoms with Crippen LogP contribution in [0.1, 0.15) is 43.5 Å². The standard InChI is InChI=1S/C19H29N5O2/c1-14(2)11-24-13-22-17-9-15(10-21-18(17)24)19(26)20-6-8-23-7-4-3-5-16(23)12-25/h9-10,13-14,16,25H,3-8,11-12H2,1-2H3,(H,20,26). The summed E-state index contributed by atoms with van der Waals surface area (Å²) in [5, 5.41) is 12.4. The summed E-state index contributed by atoms with van der Waals surface area (Å²) in [4.78, 5) is 23.5. The SMILES string of the molecule is CC(C)Cn1cnc2cc(C(=O)NCCN3CCCCC3CO)cnc21. The van der Waals surface area contributed by atoms with Gasteiger partial charge in [-0.3, -0.25) is 9.69 Å². The lowest BCUT2D eigenvalue weighted by atomic mass is 10.0. The topological polar surface area (TPSA) is 83.3 Å². The molecule has 7 heteroatoms. The lowest BCUT2D eigenvalue weighted by Gasteiger charge is -2.34. The van der Waals surface area contributed by atoms with Crippen molar-refractivity contribution in [3.8, 4) is 0 Å². The second-order valence-corrected chi connectivity index (χ2v) is 7.48. The Morgan fingerprint density at radius 2 is 2.23 bits per heavy atom. The van der Waals surface area contributed by atoms with E-state index in [2.05, 4.69) is 34.0 Å². The molecule has 1 fully saturated rings. The van der Waals surface area contributed by atoms with E-state index in [0.717, 1.165) is 43.6 Å². The number of pyridine rings is 1. The van der Waals surface area contributed by atoms with Crippen molar-refractivity contribution >= 4 is 17.1 Å². The number of nitrogens with one attached hydrogen (secondary N) is 1. The first kappa shape index (κ1) is 18.8. The summed E-state index contributed by atoms with van der Waals surface area (Å²) >= 11 is 0. The molecule has 2 aromatic rings. The summed E-state index contributed by atoms with van der Waals surface area (Å²) in [5.74, 6) is 0.380. The van der Waals surface area contributed by atoms with Crippen LogP contribution in [0.5, 0.6) is 0 Å². The van der Waals surface area contributed by atoms with Gasteiger partial charge in [0.05, 0.1) is 18.5 Å². The van der Waals surface area contributed by atoms with Gasteiger partial charge in [0.25, 0.3) is 5.91 Å². The number of aromatic nitrogens is 3. The molecule has 1 aliphatic heterocycles. The molecule has 142 valence electrons. The number of carbonyl (C=O) groups excluding carboxylic acids is 1. The molecule has 0 aromatic carbocycles. The third-order valence-corrected chi connectivity index (χ3v) is 4.92.